The number of hydrogen-bond acceptors (Lipinski definition) is 2. The minimum atomic E-state index is -0.854. The second-order valence-corrected chi connectivity index (χ2v) is 8.09. The molecule has 1 aromatic heterocycles. The van der Waals surface area contributed by atoms with E-state index in [0.29, 0.717) is 12.3 Å². The number of aliphatic imine (C=N–C) groups is 1. The number of hydrogen-bond donors (Lipinski definition) is 2. The van der Waals surface area contributed by atoms with Gasteiger partial charge in [0.15, 0.2) is 5.96 Å². The molecule has 1 heterocycles. The lowest BCUT2D eigenvalue weighted by atomic mass is 10.3. The topological polar surface area (TPSA) is 58.4 Å². The van der Waals surface area contributed by atoms with Crippen molar-refractivity contribution in [2.24, 2.45) is 4.99 Å². The van der Waals surface area contributed by atoms with E-state index in [4.69, 9.17) is 0 Å². The molecular weight excluding hydrogens is 411 g/mol. The van der Waals surface area contributed by atoms with Gasteiger partial charge in [0.25, 0.3) is 0 Å². The maximum atomic E-state index is 12.0. The Kier molecular flexibility index (Phi) is 10.8. The molecule has 5 nitrogen and oxygen atoms in total. The van der Waals surface area contributed by atoms with Gasteiger partial charge in [0.2, 0.25) is 0 Å². The van der Waals surface area contributed by atoms with Crippen molar-refractivity contribution in [1.82, 2.24) is 15.2 Å². The molecule has 7 heteroatoms. The molecule has 22 heavy (non-hydrogen) atoms. The molecule has 0 radical (unpaired) electrons. The zero-order valence-corrected chi connectivity index (χ0v) is 17.1. The molecule has 0 amide bonds. The van der Waals surface area contributed by atoms with E-state index in [0.717, 1.165) is 25.6 Å². The maximum Gasteiger partial charge on any atom is 0.191 e. The number of halogens is 1. The summed E-state index contributed by atoms with van der Waals surface area (Å²) < 4.78 is 13.9. The van der Waals surface area contributed by atoms with E-state index in [1.165, 1.54) is 0 Å². The molecule has 1 unspecified atom stereocenters. The molecule has 0 bridgehead atoms. The van der Waals surface area contributed by atoms with E-state index in [9.17, 15) is 4.21 Å². The molecular formula is C15H29IN4OS. The van der Waals surface area contributed by atoms with Crippen LogP contribution in [0.2, 0.25) is 0 Å². The minimum absolute atomic E-state index is 0. The van der Waals surface area contributed by atoms with Gasteiger partial charge in [-0.1, -0.05) is 0 Å². The van der Waals surface area contributed by atoms with E-state index >= 15 is 0 Å². The van der Waals surface area contributed by atoms with Gasteiger partial charge >= 0.3 is 0 Å². The van der Waals surface area contributed by atoms with Gasteiger partial charge in [-0.2, -0.15) is 0 Å². The first kappa shape index (κ1) is 21.4. The highest BCUT2D eigenvalue weighted by Crippen LogP contribution is 2.10. The number of rotatable bonds is 7. The van der Waals surface area contributed by atoms with Crippen molar-refractivity contribution in [3.05, 3.63) is 24.5 Å². The highest BCUT2D eigenvalue weighted by atomic mass is 127. The zero-order valence-electron chi connectivity index (χ0n) is 14.0. The average Bonchev–Trinajstić information content (AvgIpc) is 2.90. The highest BCUT2D eigenvalue weighted by Gasteiger charge is 2.18. The fourth-order valence-corrected chi connectivity index (χ4v) is 2.58. The Hall–Kier alpha value is -0.570. The molecule has 2 N–H and O–H groups in total. The molecule has 0 aromatic carbocycles. The van der Waals surface area contributed by atoms with E-state index in [2.05, 4.69) is 20.2 Å². The lowest BCUT2D eigenvalue weighted by Gasteiger charge is -2.17. The first-order valence-corrected chi connectivity index (χ1v) is 8.77. The number of guanidine groups is 1. The fraction of sp³-hybridized carbons (Fsp3) is 0.667. The molecule has 0 saturated heterocycles. The lowest BCUT2D eigenvalue weighted by molar-refractivity contribution is 0.648. The molecule has 1 aromatic rings. The monoisotopic (exact) mass is 440 g/mol. The van der Waals surface area contributed by atoms with Crippen molar-refractivity contribution >= 4 is 40.7 Å². The Morgan fingerprint density at radius 3 is 2.41 bits per heavy atom. The van der Waals surface area contributed by atoms with Gasteiger partial charge in [0.05, 0.1) is 6.54 Å². The third-order valence-electron chi connectivity index (χ3n) is 2.90. The van der Waals surface area contributed by atoms with Crippen molar-refractivity contribution < 1.29 is 4.21 Å². The summed E-state index contributed by atoms with van der Waals surface area (Å²) in [6.07, 6.45) is 4.08. The highest BCUT2D eigenvalue weighted by molar-refractivity contribution is 14.0. The quantitative estimate of drug-likeness (QED) is 0.389. The zero-order chi connectivity index (χ0) is 15.7. The predicted molar refractivity (Wildman–Crippen MR) is 107 cm³/mol. The van der Waals surface area contributed by atoms with E-state index in [1.54, 1.807) is 0 Å². The third kappa shape index (κ3) is 8.77. The van der Waals surface area contributed by atoms with Gasteiger partial charge in [-0.05, 0) is 39.8 Å². The van der Waals surface area contributed by atoms with Crippen LogP contribution in [0.25, 0.3) is 0 Å². The predicted octanol–water partition coefficient (Wildman–Crippen LogP) is 2.21. The molecule has 0 fully saturated rings. The largest absolute Gasteiger partial charge is 0.357 e. The number of nitrogens with one attached hydrogen (secondary N) is 2. The van der Waals surface area contributed by atoms with Crippen molar-refractivity contribution in [1.29, 1.82) is 0 Å². The van der Waals surface area contributed by atoms with Gasteiger partial charge in [0.1, 0.15) is 0 Å². The standard InChI is InChI=1S/C15H28N4OS.HI/c1-5-16-14(17-8-12-19-10-6-7-11-19)18-9-13-21(20)15(2,3)4;/h6-7,10-11H,5,8-9,12-13H2,1-4H3,(H2,16,17,18);1H. The van der Waals surface area contributed by atoms with Crippen molar-refractivity contribution in [2.45, 2.75) is 39.0 Å². The molecule has 1 atom stereocenters. The van der Waals surface area contributed by atoms with Crippen LogP contribution in [-0.4, -0.2) is 44.9 Å². The van der Waals surface area contributed by atoms with Crippen LogP contribution in [0.4, 0.5) is 0 Å². The first-order valence-electron chi connectivity index (χ1n) is 7.45. The SMILES string of the molecule is CCNC(=NCCS(=O)C(C)(C)C)NCCn1cccc1.I. The van der Waals surface area contributed by atoms with E-state index < -0.39 is 10.8 Å². The van der Waals surface area contributed by atoms with Gasteiger partial charge in [-0.3, -0.25) is 9.20 Å². The molecule has 0 spiro atoms. The van der Waals surface area contributed by atoms with Crippen LogP contribution in [-0.2, 0) is 17.3 Å². The lowest BCUT2D eigenvalue weighted by Crippen LogP contribution is -2.39. The third-order valence-corrected chi connectivity index (χ3v) is 4.82. The first-order chi connectivity index (χ1) is 9.93. The molecule has 0 aliphatic carbocycles. The van der Waals surface area contributed by atoms with Gasteiger partial charge in [-0.25, -0.2) is 0 Å². The fourth-order valence-electron chi connectivity index (χ4n) is 1.71. The molecule has 0 saturated carbocycles. The van der Waals surface area contributed by atoms with Crippen LogP contribution < -0.4 is 10.6 Å². The Bertz CT molecular complexity index is 455. The van der Waals surface area contributed by atoms with Gasteiger partial charge in [0, 0.05) is 53.3 Å². The summed E-state index contributed by atoms with van der Waals surface area (Å²) in [6.45, 7) is 11.1. The summed E-state index contributed by atoms with van der Waals surface area (Å²) in [4.78, 5) is 4.48. The van der Waals surface area contributed by atoms with Crippen LogP contribution in [0.1, 0.15) is 27.7 Å². The minimum Gasteiger partial charge on any atom is -0.357 e. The van der Waals surface area contributed by atoms with Crippen LogP contribution in [0.15, 0.2) is 29.5 Å². The summed E-state index contributed by atoms with van der Waals surface area (Å²) in [7, 11) is -0.854. The van der Waals surface area contributed by atoms with Gasteiger partial charge < -0.3 is 15.2 Å². The van der Waals surface area contributed by atoms with Crippen LogP contribution in [0.3, 0.4) is 0 Å². The van der Waals surface area contributed by atoms with Crippen LogP contribution in [0, 0.1) is 0 Å². The van der Waals surface area contributed by atoms with E-state index in [1.807, 2.05) is 52.2 Å². The van der Waals surface area contributed by atoms with Crippen LogP contribution in [0.5, 0.6) is 0 Å². The Morgan fingerprint density at radius 1 is 1.23 bits per heavy atom. The summed E-state index contributed by atoms with van der Waals surface area (Å²) >= 11 is 0. The van der Waals surface area contributed by atoms with Crippen molar-refractivity contribution in [3.63, 3.8) is 0 Å². The summed E-state index contributed by atoms with van der Waals surface area (Å²) in [5.74, 6) is 1.38. The second kappa shape index (κ2) is 11.0. The smallest absolute Gasteiger partial charge is 0.191 e. The molecule has 0 aliphatic heterocycles. The van der Waals surface area contributed by atoms with Crippen molar-refractivity contribution in [3.8, 4) is 0 Å². The molecule has 0 aliphatic rings. The Morgan fingerprint density at radius 2 is 1.86 bits per heavy atom. The summed E-state index contributed by atoms with van der Waals surface area (Å²) in [6, 6.07) is 4.03. The molecule has 1 rings (SSSR count). The summed E-state index contributed by atoms with van der Waals surface area (Å²) in [5.41, 5.74) is 0. The average molecular weight is 440 g/mol. The van der Waals surface area contributed by atoms with Crippen LogP contribution >= 0.6 is 24.0 Å². The Balaban J connectivity index is 0.00000441. The van der Waals surface area contributed by atoms with E-state index in [-0.39, 0.29) is 28.7 Å². The number of aromatic nitrogens is 1. The maximum absolute atomic E-state index is 12.0. The second-order valence-electron chi connectivity index (χ2n) is 5.77. The van der Waals surface area contributed by atoms with Gasteiger partial charge in [-0.15, -0.1) is 24.0 Å². The normalized spacial score (nSPS) is 13.4. The molecule has 128 valence electrons. The Labute approximate surface area is 153 Å². The number of nitrogens with zero attached hydrogens (tertiary/aromatic N) is 2. The summed E-state index contributed by atoms with van der Waals surface area (Å²) in [5, 5.41) is 6.50. The van der Waals surface area contributed by atoms with Crippen molar-refractivity contribution in [2.75, 3.05) is 25.4 Å².